The van der Waals surface area contributed by atoms with Crippen LogP contribution < -0.4 is 0 Å². The van der Waals surface area contributed by atoms with Crippen LogP contribution in [0.15, 0.2) is 36.4 Å². The van der Waals surface area contributed by atoms with Crippen LogP contribution in [-0.2, 0) is 11.2 Å². The van der Waals surface area contributed by atoms with Crippen LogP contribution >= 0.6 is 0 Å². The largest absolute Gasteiger partial charge is 0.454 e. The zero-order valence-electron chi connectivity index (χ0n) is 8.07. The standard InChI is InChI=1S/C12H12O2/c1-2-5-10-8-9-6-3-4-7-11(9)12(13)14-10/h2-7,10H,8H2,1H3. The van der Waals surface area contributed by atoms with E-state index in [9.17, 15) is 4.79 Å². The van der Waals surface area contributed by atoms with Crippen LogP contribution in [0.3, 0.4) is 0 Å². The molecule has 1 aliphatic heterocycles. The molecule has 1 aromatic carbocycles. The van der Waals surface area contributed by atoms with Gasteiger partial charge in [0.15, 0.2) is 0 Å². The Bertz CT molecular complexity index is 380. The van der Waals surface area contributed by atoms with E-state index in [1.54, 1.807) is 0 Å². The summed E-state index contributed by atoms with van der Waals surface area (Å²) in [6, 6.07) is 7.59. The normalized spacial score (nSPS) is 20.6. The van der Waals surface area contributed by atoms with Crippen LogP contribution in [0.25, 0.3) is 0 Å². The Hall–Kier alpha value is -1.57. The summed E-state index contributed by atoms with van der Waals surface area (Å²) in [5, 5.41) is 0. The average molecular weight is 188 g/mol. The third kappa shape index (κ3) is 1.55. The van der Waals surface area contributed by atoms with Gasteiger partial charge in [-0.15, -0.1) is 0 Å². The van der Waals surface area contributed by atoms with Gasteiger partial charge < -0.3 is 4.74 Å². The summed E-state index contributed by atoms with van der Waals surface area (Å²) in [5.74, 6) is -0.213. The number of carbonyl (C=O) groups is 1. The van der Waals surface area contributed by atoms with Crippen molar-refractivity contribution < 1.29 is 9.53 Å². The predicted molar refractivity (Wildman–Crippen MR) is 54.2 cm³/mol. The topological polar surface area (TPSA) is 26.3 Å². The van der Waals surface area contributed by atoms with Crippen LogP contribution in [0.1, 0.15) is 22.8 Å². The van der Waals surface area contributed by atoms with Gasteiger partial charge in [-0.1, -0.05) is 24.3 Å². The van der Waals surface area contributed by atoms with Gasteiger partial charge in [0, 0.05) is 6.42 Å². The fourth-order valence-corrected chi connectivity index (χ4v) is 1.68. The van der Waals surface area contributed by atoms with Gasteiger partial charge in [0.2, 0.25) is 0 Å². The van der Waals surface area contributed by atoms with Crippen LogP contribution in [0.5, 0.6) is 0 Å². The van der Waals surface area contributed by atoms with Crippen molar-refractivity contribution in [1.29, 1.82) is 0 Å². The molecule has 1 heterocycles. The Labute approximate surface area is 83.2 Å². The highest BCUT2D eigenvalue weighted by atomic mass is 16.5. The third-order valence-corrected chi connectivity index (χ3v) is 2.32. The van der Waals surface area contributed by atoms with E-state index in [0.717, 1.165) is 12.0 Å². The fourth-order valence-electron chi connectivity index (χ4n) is 1.68. The van der Waals surface area contributed by atoms with Crippen molar-refractivity contribution in [2.45, 2.75) is 19.4 Å². The zero-order valence-corrected chi connectivity index (χ0v) is 8.07. The minimum atomic E-state index is -0.213. The van der Waals surface area contributed by atoms with Gasteiger partial charge in [-0.25, -0.2) is 4.79 Å². The lowest BCUT2D eigenvalue weighted by Gasteiger charge is -2.21. The number of hydrogen-bond acceptors (Lipinski definition) is 2. The lowest BCUT2D eigenvalue weighted by molar-refractivity contribution is 0.0357. The van der Waals surface area contributed by atoms with Crippen molar-refractivity contribution in [3.05, 3.63) is 47.5 Å². The first kappa shape index (κ1) is 9.00. The fraction of sp³-hybridized carbons (Fsp3) is 0.250. The van der Waals surface area contributed by atoms with Gasteiger partial charge in [-0.3, -0.25) is 0 Å². The van der Waals surface area contributed by atoms with Gasteiger partial charge in [-0.05, 0) is 24.6 Å². The minimum Gasteiger partial charge on any atom is -0.454 e. The van der Waals surface area contributed by atoms with Crippen LogP contribution in [0.4, 0.5) is 0 Å². The summed E-state index contributed by atoms with van der Waals surface area (Å²) in [4.78, 5) is 11.5. The number of carbonyl (C=O) groups excluding carboxylic acids is 1. The number of allylic oxidation sites excluding steroid dienone is 1. The maximum Gasteiger partial charge on any atom is 0.339 e. The smallest absolute Gasteiger partial charge is 0.339 e. The van der Waals surface area contributed by atoms with Gasteiger partial charge in [0.25, 0.3) is 0 Å². The van der Waals surface area contributed by atoms with Crippen LogP contribution in [-0.4, -0.2) is 12.1 Å². The lowest BCUT2D eigenvalue weighted by atomic mass is 9.98. The highest BCUT2D eigenvalue weighted by molar-refractivity contribution is 5.92. The molecule has 0 saturated heterocycles. The SMILES string of the molecule is CC=CC1Cc2ccccc2C(=O)O1. The van der Waals surface area contributed by atoms with Crippen LogP contribution in [0.2, 0.25) is 0 Å². The summed E-state index contributed by atoms with van der Waals surface area (Å²) < 4.78 is 5.23. The quantitative estimate of drug-likeness (QED) is 0.499. The van der Waals surface area contributed by atoms with Crippen molar-refractivity contribution in [3.8, 4) is 0 Å². The van der Waals surface area contributed by atoms with Gasteiger partial charge in [-0.2, -0.15) is 0 Å². The Kier molecular flexibility index (Phi) is 2.35. The Balaban J connectivity index is 2.33. The molecule has 2 nitrogen and oxygen atoms in total. The van der Waals surface area contributed by atoms with Crippen molar-refractivity contribution in [1.82, 2.24) is 0 Å². The van der Waals surface area contributed by atoms with Gasteiger partial charge >= 0.3 is 5.97 Å². The number of fused-ring (bicyclic) bond motifs is 1. The first-order chi connectivity index (χ1) is 6.81. The maximum atomic E-state index is 11.5. The molecule has 0 radical (unpaired) electrons. The van der Waals surface area contributed by atoms with E-state index in [1.165, 1.54) is 0 Å². The number of cyclic esters (lactones) is 1. The molecule has 0 saturated carbocycles. The van der Waals surface area contributed by atoms with E-state index in [4.69, 9.17) is 4.74 Å². The molecular weight excluding hydrogens is 176 g/mol. The average Bonchev–Trinajstić information content (AvgIpc) is 2.18. The number of ether oxygens (including phenoxy) is 1. The molecule has 0 fully saturated rings. The van der Waals surface area contributed by atoms with E-state index in [-0.39, 0.29) is 12.1 Å². The number of esters is 1. The van der Waals surface area contributed by atoms with E-state index in [2.05, 4.69) is 0 Å². The highest BCUT2D eigenvalue weighted by Gasteiger charge is 2.23. The molecule has 0 N–H and O–H groups in total. The monoisotopic (exact) mass is 188 g/mol. The minimum absolute atomic E-state index is 0.0950. The first-order valence-corrected chi connectivity index (χ1v) is 4.73. The molecule has 2 rings (SSSR count). The van der Waals surface area contributed by atoms with E-state index in [0.29, 0.717) is 5.56 Å². The van der Waals surface area contributed by atoms with Crippen molar-refractivity contribution >= 4 is 5.97 Å². The Morgan fingerprint density at radius 2 is 2.21 bits per heavy atom. The molecule has 72 valence electrons. The molecule has 1 unspecified atom stereocenters. The van der Waals surface area contributed by atoms with Gasteiger partial charge in [0.05, 0.1) is 5.56 Å². The van der Waals surface area contributed by atoms with E-state index in [1.807, 2.05) is 43.3 Å². The second kappa shape index (κ2) is 3.66. The Morgan fingerprint density at radius 1 is 1.43 bits per heavy atom. The van der Waals surface area contributed by atoms with Crippen molar-refractivity contribution in [2.75, 3.05) is 0 Å². The Morgan fingerprint density at radius 3 is 3.00 bits per heavy atom. The van der Waals surface area contributed by atoms with Gasteiger partial charge in [0.1, 0.15) is 6.10 Å². The van der Waals surface area contributed by atoms with Crippen molar-refractivity contribution in [2.24, 2.45) is 0 Å². The molecule has 0 aromatic heterocycles. The summed E-state index contributed by atoms with van der Waals surface area (Å²) >= 11 is 0. The third-order valence-electron chi connectivity index (χ3n) is 2.32. The summed E-state index contributed by atoms with van der Waals surface area (Å²) in [5.41, 5.74) is 1.78. The second-order valence-electron chi connectivity index (χ2n) is 3.33. The molecular formula is C12H12O2. The van der Waals surface area contributed by atoms with E-state index < -0.39 is 0 Å². The molecule has 0 amide bonds. The number of benzene rings is 1. The second-order valence-corrected chi connectivity index (χ2v) is 3.33. The molecule has 0 spiro atoms. The molecule has 0 aliphatic carbocycles. The molecule has 0 bridgehead atoms. The highest BCUT2D eigenvalue weighted by Crippen LogP contribution is 2.20. The number of rotatable bonds is 1. The number of hydrogen-bond donors (Lipinski definition) is 0. The lowest BCUT2D eigenvalue weighted by Crippen LogP contribution is -2.25. The molecule has 1 atom stereocenters. The maximum absolute atomic E-state index is 11.5. The van der Waals surface area contributed by atoms with E-state index >= 15 is 0 Å². The summed E-state index contributed by atoms with van der Waals surface area (Å²) in [6.07, 6.45) is 4.51. The summed E-state index contributed by atoms with van der Waals surface area (Å²) in [6.45, 7) is 1.92. The molecule has 1 aromatic rings. The predicted octanol–water partition coefficient (Wildman–Crippen LogP) is 2.34. The van der Waals surface area contributed by atoms with Crippen molar-refractivity contribution in [3.63, 3.8) is 0 Å². The van der Waals surface area contributed by atoms with Crippen LogP contribution in [0, 0.1) is 0 Å². The first-order valence-electron chi connectivity index (χ1n) is 4.73. The zero-order chi connectivity index (χ0) is 9.97. The molecule has 1 aliphatic rings. The summed E-state index contributed by atoms with van der Waals surface area (Å²) in [7, 11) is 0. The molecule has 2 heteroatoms. The molecule has 14 heavy (non-hydrogen) atoms.